The number of hydrogen-bond donors (Lipinski definition) is 0. The summed E-state index contributed by atoms with van der Waals surface area (Å²) >= 11 is 3.16. The van der Waals surface area contributed by atoms with E-state index in [-0.39, 0.29) is 11.2 Å². The lowest BCUT2D eigenvalue weighted by Gasteiger charge is -1.98. The van der Waals surface area contributed by atoms with Gasteiger partial charge in [0.1, 0.15) is 5.75 Å². The Hall–Kier alpha value is -1.36. The van der Waals surface area contributed by atoms with Crippen molar-refractivity contribution in [3.05, 3.63) is 32.9 Å². The molecule has 0 N–H and O–H groups in total. The molecule has 0 aliphatic rings. The van der Waals surface area contributed by atoms with Crippen molar-refractivity contribution in [3.63, 3.8) is 0 Å². The maximum absolute atomic E-state index is 11.5. The highest BCUT2D eigenvalue weighted by Crippen LogP contribution is 2.19. The van der Waals surface area contributed by atoms with Crippen LogP contribution in [-0.2, 0) is 4.79 Å². The molecular weight excluding hydrogens is 264 g/mol. The first kappa shape index (κ1) is 11.7. The third kappa shape index (κ3) is 3.36. The van der Waals surface area contributed by atoms with Gasteiger partial charge in [-0.1, -0.05) is 15.9 Å². The number of halogens is 1. The number of hydrogen-bond acceptors (Lipinski definition) is 4. The van der Waals surface area contributed by atoms with E-state index in [4.69, 9.17) is 9.47 Å². The van der Waals surface area contributed by atoms with Crippen LogP contribution in [-0.4, -0.2) is 13.1 Å². The van der Waals surface area contributed by atoms with Crippen LogP contribution in [0.5, 0.6) is 11.5 Å². The summed E-state index contributed by atoms with van der Waals surface area (Å²) in [7, 11) is 1.46. The quantitative estimate of drug-likeness (QED) is 0.770. The zero-order chi connectivity index (χ0) is 11.4. The van der Waals surface area contributed by atoms with Gasteiger partial charge in [-0.2, -0.15) is 0 Å². The smallest absolute Gasteiger partial charge is 0.308 e. The van der Waals surface area contributed by atoms with Crippen LogP contribution in [0.25, 0.3) is 0 Å². The molecular formula is C10H9BrO4. The van der Waals surface area contributed by atoms with E-state index in [2.05, 4.69) is 15.9 Å². The molecule has 80 valence electrons. The number of esters is 1. The van der Waals surface area contributed by atoms with Gasteiger partial charge < -0.3 is 9.47 Å². The van der Waals surface area contributed by atoms with Crippen LogP contribution in [0, 0.1) is 0 Å². The highest BCUT2D eigenvalue weighted by atomic mass is 79.9. The molecule has 0 unspecified atom stereocenters. The molecule has 0 spiro atoms. The van der Waals surface area contributed by atoms with Crippen molar-refractivity contribution in [2.24, 2.45) is 0 Å². The number of ether oxygens (including phenoxy) is 2. The molecule has 0 aromatic heterocycles. The monoisotopic (exact) mass is 272 g/mol. The normalized spacial score (nSPS) is 9.53. The molecule has 1 aromatic carbocycles. The maximum Gasteiger partial charge on any atom is 0.308 e. The Kier molecular flexibility index (Phi) is 3.85. The molecule has 4 nitrogen and oxygen atoms in total. The summed E-state index contributed by atoms with van der Waals surface area (Å²) in [5.41, 5.74) is -0.389. The lowest BCUT2D eigenvalue weighted by Crippen LogP contribution is -2.09. The van der Waals surface area contributed by atoms with E-state index < -0.39 is 5.97 Å². The highest BCUT2D eigenvalue weighted by molar-refractivity contribution is 9.10. The first-order chi connectivity index (χ1) is 7.02. The topological polar surface area (TPSA) is 52.6 Å². The van der Waals surface area contributed by atoms with Crippen molar-refractivity contribution in [2.45, 2.75) is 6.92 Å². The fourth-order valence-electron chi connectivity index (χ4n) is 0.968. The van der Waals surface area contributed by atoms with Crippen LogP contribution in [0.2, 0.25) is 0 Å². The van der Waals surface area contributed by atoms with Crippen LogP contribution in [0.4, 0.5) is 0 Å². The summed E-state index contributed by atoms with van der Waals surface area (Å²) < 4.78 is 10.3. The van der Waals surface area contributed by atoms with Crippen molar-refractivity contribution in [3.8, 4) is 11.5 Å². The van der Waals surface area contributed by atoms with E-state index in [1.54, 1.807) is 6.07 Å². The third-order valence-electron chi connectivity index (χ3n) is 1.55. The highest BCUT2D eigenvalue weighted by Gasteiger charge is 2.05. The number of carbonyl (C=O) groups excluding carboxylic acids is 1. The first-order valence-corrected chi connectivity index (χ1v) is 4.89. The summed E-state index contributed by atoms with van der Waals surface area (Å²) in [6.07, 6.45) is 0. The molecule has 15 heavy (non-hydrogen) atoms. The molecule has 0 saturated heterocycles. The Balaban J connectivity index is 3.33. The van der Waals surface area contributed by atoms with Crippen molar-refractivity contribution < 1.29 is 14.3 Å². The van der Waals surface area contributed by atoms with Crippen LogP contribution >= 0.6 is 15.9 Å². The van der Waals surface area contributed by atoms with E-state index in [9.17, 15) is 9.59 Å². The van der Waals surface area contributed by atoms with Crippen molar-refractivity contribution in [1.82, 2.24) is 0 Å². The van der Waals surface area contributed by atoms with Crippen LogP contribution in [0.1, 0.15) is 6.92 Å². The van der Waals surface area contributed by atoms with Crippen molar-refractivity contribution in [2.75, 3.05) is 7.11 Å². The van der Waals surface area contributed by atoms with Crippen molar-refractivity contribution in [1.29, 1.82) is 0 Å². The average molecular weight is 273 g/mol. The molecule has 0 saturated carbocycles. The molecule has 0 atom stereocenters. The van der Waals surface area contributed by atoms with Crippen LogP contribution in [0.15, 0.2) is 27.5 Å². The second-order valence-electron chi connectivity index (χ2n) is 2.75. The van der Waals surface area contributed by atoms with Gasteiger partial charge in [0.25, 0.3) is 0 Å². The van der Waals surface area contributed by atoms with E-state index in [1.165, 1.54) is 26.2 Å². The molecule has 0 aliphatic heterocycles. The van der Waals surface area contributed by atoms with E-state index in [0.717, 1.165) is 0 Å². The Morgan fingerprint density at radius 1 is 1.33 bits per heavy atom. The van der Waals surface area contributed by atoms with Gasteiger partial charge in [-0.05, 0) is 6.07 Å². The van der Waals surface area contributed by atoms with Gasteiger partial charge >= 0.3 is 5.97 Å². The Morgan fingerprint density at radius 3 is 2.53 bits per heavy atom. The Bertz CT molecular complexity index is 442. The van der Waals surface area contributed by atoms with E-state index >= 15 is 0 Å². The van der Waals surface area contributed by atoms with E-state index in [1.807, 2.05) is 0 Å². The van der Waals surface area contributed by atoms with Gasteiger partial charge in [0.05, 0.1) is 7.11 Å². The zero-order valence-corrected chi connectivity index (χ0v) is 9.83. The van der Waals surface area contributed by atoms with E-state index in [0.29, 0.717) is 10.2 Å². The van der Waals surface area contributed by atoms with Crippen LogP contribution < -0.4 is 14.9 Å². The summed E-state index contributed by atoms with van der Waals surface area (Å²) in [4.78, 5) is 22.2. The number of rotatable bonds is 2. The van der Waals surface area contributed by atoms with Gasteiger partial charge in [-0.3, -0.25) is 9.59 Å². The molecule has 0 bridgehead atoms. The predicted octanol–water partition coefficient (Wildman–Crippen LogP) is 1.74. The third-order valence-corrected chi connectivity index (χ3v) is 2.01. The van der Waals surface area contributed by atoms with Gasteiger partial charge in [0, 0.05) is 23.5 Å². The first-order valence-electron chi connectivity index (χ1n) is 4.10. The molecule has 1 aromatic rings. The number of carbonyl (C=O) groups is 1. The molecule has 0 aliphatic carbocycles. The molecule has 0 fully saturated rings. The second kappa shape index (κ2) is 4.93. The van der Waals surface area contributed by atoms with Crippen LogP contribution in [0.3, 0.4) is 0 Å². The average Bonchev–Trinajstić information content (AvgIpc) is 2.25. The van der Waals surface area contributed by atoms with Crippen molar-refractivity contribution >= 4 is 21.9 Å². The molecule has 0 amide bonds. The molecule has 0 heterocycles. The summed E-state index contributed by atoms with van der Waals surface area (Å²) in [5.74, 6) is -0.165. The second-order valence-corrected chi connectivity index (χ2v) is 3.66. The Labute approximate surface area is 95.0 Å². The lowest BCUT2D eigenvalue weighted by atomic mass is 10.4. The Morgan fingerprint density at radius 2 is 2.00 bits per heavy atom. The van der Waals surface area contributed by atoms with Gasteiger partial charge in [-0.15, -0.1) is 0 Å². The SMILES string of the molecule is COc1cc(Br)cc(=O)c(OC(C)=O)c1. The molecule has 1 rings (SSSR count). The number of methoxy groups -OCH3 is 1. The standard InChI is InChI=1S/C10H9BrO4/c1-6(12)15-10-5-8(14-2)3-7(11)4-9(10)13/h3-5H,1-2H3. The van der Waals surface area contributed by atoms with Gasteiger partial charge in [0.2, 0.25) is 5.43 Å². The lowest BCUT2D eigenvalue weighted by molar-refractivity contribution is -0.131. The molecule has 5 heteroatoms. The maximum atomic E-state index is 11.5. The summed E-state index contributed by atoms with van der Waals surface area (Å²) in [6, 6.07) is 4.28. The minimum absolute atomic E-state index is 0.0509. The van der Waals surface area contributed by atoms with Gasteiger partial charge in [0.15, 0.2) is 5.75 Å². The zero-order valence-electron chi connectivity index (χ0n) is 8.24. The fourth-order valence-corrected chi connectivity index (χ4v) is 1.40. The van der Waals surface area contributed by atoms with Gasteiger partial charge in [-0.25, -0.2) is 0 Å². The molecule has 0 radical (unpaired) electrons. The fraction of sp³-hybridized carbons (Fsp3) is 0.200. The predicted molar refractivity (Wildman–Crippen MR) is 58.3 cm³/mol. The summed E-state index contributed by atoms with van der Waals surface area (Å²) in [5, 5.41) is 0. The minimum Gasteiger partial charge on any atom is -0.497 e. The summed E-state index contributed by atoms with van der Waals surface area (Å²) in [6.45, 7) is 1.23. The largest absolute Gasteiger partial charge is 0.497 e. The minimum atomic E-state index is -0.545.